The first kappa shape index (κ1) is 24.7. The van der Waals surface area contributed by atoms with E-state index >= 15 is 0 Å². The van der Waals surface area contributed by atoms with Gasteiger partial charge in [0.05, 0.1) is 49.3 Å². The summed E-state index contributed by atoms with van der Waals surface area (Å²) in [5.74, 6) is -0.175. The highest BCUT2D eigenvalue weighted by Crippen LogP contribution is 2.47. The molecule has 190 valence electrons. The van der Waals surface area contributed by atoms with Crippen LogP contribution in [0.15, 0.2) is 35.1 Å². The molecule has 0 aliphatic heterocycles. The van der Waals surface area contributed by atoms with Crippen LogP contribution in [0.2, 0.25) is 0 Å². The Morgan fingerprint density at radius 3 is 2.33 bits per heavy atom. The summed E-state index contributed by atoms with van der Waals surface area (Å²) in [6, 6.07) is 0.776. The third-order valence-electron chi connectivity index (χ3n) is 5.45. The van der Waals surface area contributed by atoms with E-state index in [4.69, 9.17) is 0 Å². The normalized spacial score (nSPS) is 13.3. The van der Waals surface area contributed by atoms with Crippen LogP contribution in [0.3, 0.4) is 0 Å². The highest BCUT2D eigenvalue weighted by Gasteiger charge is 2.35. The number of halogens is 6. The van der Waals surface area contributed by atoms with Gasteiger partial charge in [0.25, 0.3) is 0 Å². The lowest BCUT2D eigenvalue weighted by Crippen LogP contribution is -2.07. The number of thiophene rings is 2. The zero-order valence-corrected chi connectivity index (χ0v) is 20.6. The van der Waals surface area contributed by atoms with Crippen molar-refractivity contribution in [3.8, 4) is 16.4 Å². The highest BCUT2D eigenvalue weighted by atomic mass is 32.2. The molecule has 0 N–H and O–H groups in total. The van der Waals surface area contributed by atoms with Gasteiger partial charge in [0.15, 0.2) is 21.4 Å². The van der Waals surface area contributed by atoms with E-state index in [1.165, 1.54) is 23.9 Å². The fourth-order valence-corrected chi connectivity index (χ4v) is 8.22. The van der Waals surface area contributed by atoms with Crippen LogP contribution >= 0.6 is 22.7 Å². The molecular weight excluding hydrogens is 552 g/mol. The Bertz CT molecular complexity index is 1740. The Hall–Kier alpha value is -2.98. The number of nitrogens with zero attached hydrogens (tertiary/aromatic N) is 5. The first-order valence-electron chi connectivity index (χ1n) is 10.0. The second-order valence-corrected chi connectivity index (χ2v) is 11.8. The average Bonchev–Trinajstić information content (AvgIpc) is 3.54. The fourth-order valence-electron chi connectivity index (χ4n) is 3.64. The van der Waals surface area contributed by atoms with E-state index in [9.17, 15) is 34.8 Å². The quantitative estimate of drug-likeness (QED) is 0.253. The number of rotatable bonds is 4. The van der Waals surface area contributed by atoms with E-state index in [-0.39, 0.29) is 32.4 Å². The van der Waals surface area contributed by atoms with Crippen LogP contribution in [0.5, 0.6) is 0 Å². The molecule has 5 aromatic rings. The average molecular weight is 566 g/mol. The van der Waals surface area contributed by atoms with E-state index in [2.05, 4.69) is 15.0 Å². The number of sulfone groups is 1. The molecule has 5 heterocycles. The van der Waals surface area contributed by atoms with Gasteiger partial charge in [0.1, 0.15) is 10.6 Å². The molecule has 5 rings (SSSR count). The highest BCUT2D eigenvalue weighted by molar-refractivity contribution is 7.92. The molecule has 36 heavy (non-hydrogen) atoms. The Morgan fingerprint density at radius 2 is 1.72 bits per heavy atom. The minimum absolute atomic E-state index is 0.0314. The number of alkyl halides is 6. The van der Waals surface area contributed by atoms with Crippen molar-refractivity contribution in [3.63, 3.8) is 0 Å². The monoisotopic (exact) mass is 565 g/mol. The number of hydrogen-bond acceptors (Lipinski definition) is 7. The summed E-state index contributed by atoms with van der Waals surface area (Å²) in [4.78, 5) is 11.2. The van der Waals surface area contributed by atoms with Crippen LogP contribution in [0, 0.1) is 0 Å². The number of aromatic nitrogens is 5. The van der Waals surface area contributed by atoms with Crippen LogP contribution in [-0.4, -0.2) is 38.3 Å². The van der Waals surface area contributed by atoms with E-state index < -0.39 is 33.6 Å². The van der Waals surface area contributed by atoms with Crippen molar-refractivity contribution in [2.45, 2.75) is 24.2 Å². The maximum Gasteiger partial charge on any atom is 0.434 e. The molecule has 0 amide bonds. The Balaban J connectivity index is 1.76. The molecule has 0 aliphatic rings. The summed E-state index contributed by atoms with van der Waals surface area (Å²) >= 11 is 2.01. The minimum atomic E-state index is -4.69. The van der Waals surface area contributed by atoms with Crippen LogP contribution in [0.1, 0.15) is 18.3 Å². The van der Waals surface area contributed by atoms with Gasteiger partial charge in [0, 0.05) is 18.6 Å². The van der Waals surface area contributed by atoms with E-state index in [0.717, 1.165) is 52.0 Å². The molecule has 0 unspecified atom stereocenters. The smallest absolute Gasteiger partial charge is 0.325 e. The third-order valence-corrected chi connectivity index (χ3v) is 9.82. The molecule has 0 radical (unpaired) electrons. The SMILES string of the molecule is CCS(=O)(=O)c1c(-c2nc3cc(C(F)(F)F)ncc3n2C)sc2c(-n3cnc(C(F)(F)F)c3)csc12. The standard InChI is InChI=1S/C20H13F6N5O2S3/c1-3-36(32,33)17-15-14(11(7-34-15)31-6-13(28-8-31)20(24,25)26)35-16(17)18-29-9-4-12(19(21,22)23)27-5-10(9)30(18)2/h4-8H,3H2,1-2H3. The second-order valence-electron chi connectivity index (χ2n) is 7.66. The number of hydrogen-bond donors (Lipinski definition) is 0. The minimum Gasteiger partial charge on any atom is -0.325 e. The summed E-state index contributed by atoms with van der Waals surface area (Å²) in [5, 5.41) is 1.52. The summed E-state index contributed by atoms with van der Waals surface area (Å²) in [6.45, 7) is 1.44. The van der Waals surface area contributed by atoms with Crippen molar-refractivity contribution >= 4 is 52.9 Å². The molecule has 0 aliphatic carbocycles. The van der Waals surface area contributed by atoms with Gasteiger partial charge in [0.2, 0.25) is 0 Å². The predicted octanol–water partition coefficient (Wildman–Crippen LogP) is 5.93. The van der Waals surface area contributed by atoms with Crippen molar-refractivity contribution in [2.75, 3.05) is 5.75 Å². The lowest BCUT2D eigenvalue weighted by molar-refractivity contribution is -0.141. The van der Waals surface area contributed by atoms with Crippen molar-refractivity contribution < 1.29 is 34.8 Å². The number of fused-ring (bicyclic) bond motifs is 2. The molecule has 16 heteroatoms. The van der Waals surface area contributed by atoms with Crippen molar-refractivity contribution in [1.82, 2.24) is 24.1 Å². The van der Waals surface area contributed by atoms with Gasteiger partial charge in [-0.15, -0.1) is 22.7 Å². The van der Waals surface area contributed by atoms with E-state index in [1.807, 2.05) is 0 Å². The van der Waals surface area contributed by atoms with Gasteiger partial charge in [-0.2, -0.15) is 26.3 Å². The largest absolute Gasteiger partial charge is 0.434 e. The van der Waals surface area contributed by atoms with Gasteiger partial charge in [-0.05, 0) is 6.07 Å². The van der Waals surface area contributed by atoms with Gasteiger partial charge < -0.3 is 9.13 Å². The first-order valence-corrected chi connectivity index (χ1v) is 13.4. The van der Waals surface area contributed by atoms with Gasteiger partial charge in [-0.3, -0.25) is 0 Å². The molecule has 0 aromatic carbocycles. The number of aryl methyl sites for hydroxylation is 1. The van der Waals surface area contributed by atoms with Gasteiger partial charge in [-0.1, -0.05) is 6.92 Å². The molecule has 5 aromatic heterocycles. The Labute approximate surface area is 206 Å². The molecule has 0 fully saturated rings. The maximum absolute atomic E-state index is 13.1. The summed E-state index contributed by atoms with van der Waals surface area (Å²) in [7, 11) is -2.35. The lowest BCUT2D eigenvalue weighted by Gasteiger charge is -2.05. The summed E-state index contributed by atoms with van der Waals surface area (Å²) < 4.78 is 108. The Kier molecular flexibility index (Phi) is 5.50. The zero-order valence-electron chi connectivity index (χ0n) is 18.1. The van der Waals surface area contributed by atoms with Crippen LogP contribution in [-0.2, 0) is 29.2 Å². The molecule has 0 spiro atoms. The zero-order chi connectivity index (χ0) is 26.2. The second kappa shape index (κ2) is 8.01. The molecule has 0 saturated carbocycles. The van der Waals surface area contributed by atoms with Crippen molar-refractivity contribution in [1.29, 1.82) is 0 Å². The molecule has 0 saturated heterocycles. The van der Waals surface area contributed by atoms with Crippen molar-refractivity contribution in [3.05, 3.63) is 41.6 Å². The third kappa shape index (κ3) is 3.87. The van der Waals surface area contributed by atoms with Crippen LogP contribution in [0.4, 0.5) is 26.3 Å². The number of imidazole rings is 2. The molecule has 7 nitrogen and oxygen atoms in total. The molecular formula is C20H13F6N5O2S3. The van der Waals surface area contributed by atoms with E-state index in [0.29, 0.717) is 15.1 Å². The summed E-state index contributed by atoms with van der Waals surface area (Å²) in [6.07, 6.45) is -6.56. The van der Waals surface area contributed by atoms with Crippen LogP contribution in [0.25, 0.3) is 36.8 Å². The van der Waals surface area contributed by atoms with Crippen molar-refractivity contribution in [2.24, 2.45) is 7.05 Å². The summed E-state index contributed by atoms with van der Waals surface area (Å²) in [5.41, 5.74) is -1.74. The number of pyridine rings is 1. The van der Waals surface area contributed by atoms with Crippen LogP contribution < -0.4 is 0 Å². The molecule has 0 atom stereocenters. The lowest BCUT2D eigenvalue weighted by atomic mass is 10.3. The van der Waals surface area contributed by atoms with Gasteiger partial charge in [-0.25, -0.2) is 23.4 Å². The first-order chi connectivity index (χ1) is 16.7. The van der Waals surface area contributed by atoms with E-state index in [1.54, 1.807) is 0 Å². The topological polar surface area (TPSA) is 82.7 Å². The predicted molar refractivity (Wildman–Crippen MR) is 122 cm³/mol. The van der Waals surface area contributed by atoms with Gasteiger partial charge >= 0.3 is 12.4 Å². The maximum atomic E-state index is 13.1. The fraction of sp³-hybridized carbons (Fsp3) is 0.250. The Morgan fingerprint density at radius 1 is 1.03 bits per heavy atom. The molecule has 0 bridgehead atoms.